The second-order valence-electron chi connectivity index (χ2n) is 6.74. The van der Waals surface area contributed by atoms with Gasteiger partial charge < -0.3 is 25.8 Å². The molecule has 164 valence electrons. The third-order valence-corrected chi connectivity index (χ3v) is 4.26. The molecule has 0 saturated carbocycles. The minimum absolute atomic E-state index is 0.0816. The number of likely N-dealkylation sites (N-methyl/N-ethyl adjacent to an activating group) is 1. The van der Waals surface area contributed by atoms with Crippen molar-refractivity contribution in [3.8, 4) is 5.75 Å². The van der Waals surface area contributed by atoms with Gasteiger partial charge in [0.05, 0.1) is 16.8 Å². The monoisotopic (exact) mass is 426 g/mol. The highest BCUT2D eigenvalue weighted by molar-refractivity contribution is 5.93. The van der Waals surface area contributed by atoms with Crippen molar-refractivity contribution >= 4 is 29.5 Å². The molecule has 0 aliphatic heterocycles. The molecule has 0 atom stereocenters. The number of hydrogen-bond acceptors (Lipinski definition) is 6. The Balaban J connectivity index is 1.89. The molecule has 9 nitrogen and oxygen atoms in total. The fraction of sp³-hybridized carbons (Fsp3) is 0.273. The van der Waals surface area contributed by atoms with Gasteiger partial charge in [-0.05, 0) is 55.0 Å². The van der Waals surface area contributed by atoms with Crippen LogP contribution in [-0.4, -0.2) is 48.9 Å². The summed E-state index contributed by atoms with van der Waals surface area (Å²) in [4.78, 5) is 41.7. The van der Waals surface area contributed by atoms with Crippen LogP contribution < -0.4 is 16.2 Å². The van der Waals surface area contributed by atoms with E-state index in [0.717, 1.165) is 12.8 Å². The van der Waals surface area contributed by atoms with Crippen molar-refractivity contribution < 1.29 is 23.9 Å². The van der Waals surface area contributed by atoms with Gasteiger partial charge in [0.1, 0.15) is 5.75 Å². The maximum Gasteiger partial charge on any atom is 0.343 e. The van der Waals surface area contributed by atoms with E-state index in [0.29, 0.717) is 17.8 Å². The van der Waals surface area contributed by atoms with E-state index in [1.807, 2.05) is 6.92 Å². The normalized spacial score (nSPS) is 10.1. The van der Waals surface area contributed by atoms with Crippen LogP contribution in [0.5, 0.6) is 5.75 Å². The molecule has 0 aliphatic carbocycles. The Morgan fingerprint density at radius 3 is 2.10 bits per heavy atom. The first-order valence-corrected chi connectivity index (χ1v) is 9.73. The molecule has 9 heteroatoms. The molecule has 0 saturated heterocycles. The van der Waals surface area contributed by atoms with Crippen LogP contribution in [0.2, 0.25) is 0 Å². The van der Waals surface area contributed by atoms with Gasteiger partial charge in [0.15, 0.2) is 12.6 Å². The Morgan fingerprint density at radius 2 is 1.52 bits per heavy atom. The van der Waals surface area contributed by atoms with Crippen LogP contribution in [0, 0.1) is 0 Å². The number of nitrogens with zero attached hydrogens (tertiary/aromatic N) is 2. The van der Waals surface area contributed by atoms with Gasteiger partial charge in [0, 0.05) is 13.6 Å². The lowest BCUT2D eigenvalue weighted by atomic mass is 10.2. The van der Waals surface area contributed by atoms with E-state index in [2.05, 4.69) is 4.99 Å². The first-order chi connectivity index (χ1) is 14.8. The van der Waals surface area contributed by atoms with Gasteiger partial charge in [-0.1, -0.05) is 13.3 Å². The average molecular weight is 426 g/mol. The molecule has 0 fully saturated rings. The van der Waals surface area contributed by atoms with Gasteiger partial charge >= 0.3 is 11.9 Å². The van der Waals surface area contributed by atoms with Crippen LogP contribution in [0.15, 0.2) is 53.5 Å². The van der Waals surface area contributed by atoms with Gasteiger partial charge in [-0.3, -0.25) is 4.79 Å². The smallest absolute Gasteiger partial charge is 0.343 e. The number of ether oxygens (including phenoxy) is 2. The molecule has 2 rings (SSSR count). The van der Waals surface area contributed by atoms with Crippen LogP contribution >= 0.6 is 0 Å². The predicted octanol–water partition coefficient (Wildman–Crippen LogP) is 2.23. The molecule has 4 N–H and O–H groups in total. The zero-order valence-electron chi connectivity index (χ0n) is 17.5. The molecular weight excluding hydrogens is 400 g/mol. The Bertz CT molecular complexity index is 935. The molecule has 0 spiro atoms. The molecule has 2 aromatic rings. The van der Waals surface area contributed by atoms with Gasteiger partial charge in [-0.25, -0.2) is 14.6 Å². The largest absolute Gasteiger partial charge is 0.452 e. The van der Waals surface area contributed by atoms with E-state index in [9.17, 15) is 14.4 Å². The number of carbonyl (C=O) groups is 3. The Labute approximate surface area is 180 Å². The molecule has 0 heterocycles. The number of benzene rings is 2. The number of hydrogen-bond donors (Lipinski definition) is 2. The second kappa shape index (κ2) is 11.3. The number of rotatable bonds is 9. The van der Waals surface area contributed by atoms with E-state index in [1.165, 1.54) is 41.3 Å². The lowest BCUT2D eigenvalue weighted by molar-refractivity contribution is -0.133. The van der Waals surface area contributed by atoms with Gasteiger partial charge in [-0.2, -0.15) is 0 Å². The van der Waals surface area contributed by atoms with Crippen molar-refractivity contribution in [2.45, 2.75) is 19.8 Å². The number of guanidine groups is 1. The maximum absolute atomic E-state index is 12.2. The van der Waals surface area contributed by atoms with Crippen molar-refractivity contribution in [3.05, 3.63) is 59.7 Å². The summed E-state index contributed by atoms with van der Waals surface area (Å²) >= 11 is 0. The van der Waals surface area contributed by atoms with E-state index >= 15 is 0 Å². The number of carbonyl (C=O) groups excluding carboxylic acids is 3. The maximum atomic E-state index is 12.2. The van der Waals surface area contributed by atoms with Crippen LogP contribution in [0.25, 0.3) is 0 Å². The SMILES string of the molecule is CCCCN(C)C(=O)COC(=O)c1ccc(OC(=O)c2ccc(N=C(N)N)cc2)cc1. The highest BCUT2D eigenvalue weighted by Crippen LogP contribution is 2.17. The summed E-state index contributed by atoms with van der Waals surface area (Å²) < 4.78 is 10.3. The predicted molar refractivity (Wildman–Crippen MR) is 116 cm³/mol. The first-order valence-electron chi connectivity index (χ1n) is 9.73. The van der Waals surface area contributed by atoms with Crippen LogP contribution in [0.3, 0.4) is 0 Å². The minimum atomic E-state index is -0.634. The summed E-state index contributed by atoms with van der Waals surface area (Å²) in [6.07, 6.45) is 1.86. The summed E-state index contributed by atoms with van der Waals surface area (Å²) in [5, 5.41) is 0. The van der Waals surface area contributed by atoms with Crippen LogP contribution in [0.1, 0.15) is 40.5 Å². The zero-order chi connectivity index (χ0) is 22.8. The average Bonchev–Trinajstić information content (AvgIpc) is 2.76. The third kappa shape index (κ3) is 7.46. The summed E-state index contributed by atoms with van der Waals surface area (Å²) in [6, 6.07) is 12.1. The molecule has 2 aromatic carbocycles. The van der Waals surface area contributed by atoms with Gasteiger partial charge in [0.2, 0.25) is 0 Å². The minimum Gasteiger partial charge on any atom is -0.452 e. The van der Waals surface area contributed by atoms with E-state index in [-0.39, 0.29) is 29.8 Å². The molecular formula is C22H26N4O5. The molecule has 0 bridgehead atoms. The fourth-order valence-electron chi connectivity index (χ4n) is 2.49. The quantitative estimate of drug-likeness (QED) is 0.271. The van der Waals surface area contributed by atoms with E-state index in [4.69, 9.17) is 20.9 Å². The number of unbranched alkanes of at least 4 members (excludes halogenated alkanes) is 1. The third-order valence-electron chi connectivity index (χ3n) is 4.26. The Hall–Kier alpha value is -3.88. The topological polar surface area (TPSA) is 137 Å². The van der Waals surface area contributed by atoms with Gasteiger partial charge in [0.25, 0.3) is 5.91 Å². The van der Waals surface area contributed by atoms with E-state index in [1.54, 1.807) is 19.2 Å². The first kappa shape index (κ1) is 23.4. The fourth-order valence-corrected chi connectivity index (χ4v) is 2.49. The van der Waals surface area contributed by atoms with Crippen molar-refractivity contribution in [2.75, 3.05) is 20.2 Å². The number of amides is 1. The summed E-state index contributed by atoms with van der Waals surface area (Å²) in [6.45, 7) is 2.32. The molecule has 0 unspecified atom stereocenters. The summed E-state index contributed by atoms with van der Waals surface area (Å²) in [5.41, 5.74) is 11.7. The molecule has 1 amide bonds. The lowest BCUT2D eigenvalue weighted by Gasteiger charge is -2.16. The number of nitrogens with two attached hydrogens (primary N) is 2. The van der Waals surface area contributed by atoms with Gasteiger partial charge in [-0.15, -0.1) is 0 Å². The zero-order valence-corrected chi connectivity index (χ0v) is 17.5. The standard InChI is InChI=1S/C22H26N4O5/c1-3-4-13-26(2)19(27)14-30-20(28)15-7-11-18(12-8-15)31-21(29)16-5-9-17(10-6-16)25-22(23)24/h5-12H,3-4,13-14H2,1-2H3,(H4,23,24,25). The Morgan fingerprint density at radius 1 is 0.935 bits per heavy atom. The molecule has 0 aromatic heterocycles. The summed E-state index contributed by atoms with van der Waals surface area (Å²) in [5.74, 6) is -1.30. The highest BCUT2D eigenvalue weighted by Gasteiger charge is 2.14. The number of aliphatic imine (C=N–C) groups is 1. The van der Waals surface area contributed by atoms with E-state index < -0.39 is 11.9 Å². The van der Waals surface area contributed by atoms with Crippen molar-refractivity contribution in [1.82, 2.24) is 4.90 Å². The number of esters is 2. The summed E-state index contributed by atoms with van der Waals surface area (Å²) in [7, 11) is 1.67. The van der Waals surface area contributed by atoms with Crippen LogP contribution in [-0.2, 0) is 9.53 Å². The molecule has 0 aliphatic rings. The van der Waals surface area contributed by atoms with Crippen molar-refractivity contribution in [3.63, 3.8) is 0 Å². The molecule has 31 heavy (non-hydrogen) atoms. The highest BCUT2D eigenvalue weighted by atomic mass is 16.5. The molecule has 0 radical (unpaired) electrons. The Kier molecular flexibility index (Phi) is 8.56. The second-order valence-corrected chi connectivity index (χ2v) is 6.74. The van der Waals surface area contributed by atoms with Crippen molar-refractivity contribution in [2.24, 2.45) is 16.5 Å². The lowest BCUT2D eigenvalue weighted by Crippen LogP contribution is -2.32. The van der Waals surface area contributed by atoms with Crippen LogP contribution in [0.4, 0.5) is 5.69 Å². The van der Waals surface area contributed by atoms with Crippen molar-refractivity contribution in [1.29, 1.82) is 0 Å².